The number of fused-ring (bicyclic) bond motifs is 1. The molecule has 0 saturated heterocycles. The Balaban J connectivity index is 2.37. The van der Waals surface area contributed by atoms with Crippen LogP contribution in [0.15, 0.2) is 23.6 Å². The number of phenols is 1. The van der Waals surface area contributed by atoms with Crippen LogP contribution in [0.1, 0.15) is 12.0 Å². The summed E-state index contributed by atoms with van der Waals surface area (Å²) in [4.78, 5) is 0. The van der Waals surface area contributed by atoms with Gasteiger partial charge in [-0.1, -0.05) is 0 Å². The zero-order valence-corrected chi connectivity index (χ0v) is 8.68. The topological polar surface area (TPSA) is 46.2 Å². The highest BCUT2D eigenvalue weighted by molar-refractivity contribution is 7.17. The molecule has 0 spiro atoms. The predicted octanol–water partition coefficient (Wildman–Crippen LogP) is 2.50. The van der Waals surface area contributed by atoms with Crippen molar-refractivity contribution in [1.82, 2.24) is 0 Å². The first-order valence-electron chi connectivity index (χ1n) is 4.70. The molecular formula is C11H13NOS. The summed E-state index contributed by atoms with van der Waals surface area (Å²) in [5, 5.41) is 12.7. The maximum Gasteiger partial charge on any atom is 0.117 e. The molecule has 0 unspecified atom stereocenters. The van der Waals surface area contributed by atoms with Gasteiger partial charge in [-0.3, -0.25) is 0 Å². The molecule has 3 N–H and O–H groups in total. The molecule has 1 aromatic heterocycles. The third-order valence-electron chi connectivity index (χ3n) is 2.29. The third-order valence-corrected chi connectivity index (χ3v) is 3.28. The third kappa shape index (κ3) is 1.74. The highest BCUT2D eigenvalue weighted by atomic mass is 32.1. The molecule has 1 heterocycles. The van der Waals surface area contributed by atoms with Gasteiger partial charge in [0.1, 0.15) is 5.75 Å². The molecule has 0 atom stereocenters. The predicted molar refractivity (Wildman–Crippen MR) is 60.9 cm³/mol. The van der Waals surface area contributed by atoms with Crippen molar-refractivity contribution in [3.63, 3.8) is 0 Å². The lowest BCUT2D eigenvalue weighted by Gasteiger charge is -1.97. The van der Waals surface area contributed by atoms with Crippen LogP contribution in [0.3, 0.4) is 0 Å². The van der Waals surface area contributed by atoms with E-state index in [2.05, 4.69) is 5.38 Å². The molecule has 0 aliphatic heterocycles. The van der Waals surface area contributed by atoms with E-state index in [0.29, 0.717) is 5.75 Å². The van der Waals surface area contributed by atoms with Crippen molar-refractivity contribution >= 4 is 21.4 Å². The lowest BCUT2D eigenvalue weighted by atomic mass is 10.1. The molecule has 0 aliphatic rings. The Morgan fingerprint density at radius 2 is 2.21 bits per heavy atom. The van der Waals surface area contributed by atoms with Gasteiger partial charge in [0.2, 0.25) is 0 Å². The van der Waals surface area contributed by atoms with E-state index in [-0.39, 0.29) is 0 Å². The van der Waals surface area contributed by atoms with E-state index < -0.39 is 0 Å². The zero-order chi connectivity index (χ0) is 9.97. The number of hydrogen-bond acceptors (Lipinski definition) is 3. The fourth-order valence-electron chi connectivity index (χ4n) is 1.56. The van der Waals surface area contributed by atoms with Crippen LogP contribution < -0.4 is 5.73 Å². The molecule has 0 saturated carbocycles. The first-order valence-corrected chi connectivity index (χ1v) is 5.58. The molecule has 3 heteroatoms. The summed E-state index contributed by atoms with van der Waals surface area (Å²) in [5.41, 5.74) is 6.82. The molecule has 0 amide bonds. The van der Waals surface area contributed by atoms with Crippen LogP contribution in [0.4, 0.5) is 0 Å². The Bertz CT molecular complexity index is 436. The monoisotopic (exact) mass is 207 g/mol. The number of rotatable bonds is 3. The Hall–Kier alpha value is -1.06. The Kier molecular flexibility index (Phi) is 2.70. The van der Waals surface area contributed by atoms with Gasteiger partial charge in [0, 0.05) is 4.70 Å². The summed E-state index contributed by atoms with van der Waals surface area (Å²) in [7, 11) is 0. The van der Waals surface area contributed by atoms with Crippen molar-refractivity contribution in [1.29, 1.82) is 0 Å². The molecule has 0 bridgehead atoms. The van der Waals surface area contributed by atoms with E-state index in [4.69, 9.17) is 5.73 Å². The molecular weight excluding hydrogens is 194 g/mol. The van der Waals surface area contributed by atoms with Gasteiger partial charge in [-0.15, -0.1) is 11.3 Å². The van der Waals surface area contributed by atoms with Crippen LogP contribution >= 0.6 is 11.3 Å². The molecule has 0 radical (unpaired) electrons. The summed E-state index contributed by atoms with van der Waals surface area (Å²) in [6.07, 6.45) is 2.05. The van der Waals surface area contributed by atoms with Gasteiger partial charge in [-0.25, -0.2) is 0 Å². The summed E-state index contributed by atoms with van der Waals surface area (Å²) in [5.74, 6) is 0.338. The minimum Gasteiger partial charge on any atom is -0.508 e. The van der Waals surface area contributed by atoms with Crippen molar-refractivity contribution in [2.75, 3.05) is 6.54 Å². The summed E-state index contributed by atoms with van der Waals surface area (Å²) >= 11 is 1.68. The fourth-order valence-corrected chi connectivity index (χ4v) is 2.59. The number of hydrogen-bond donors (Lipinski definition) is 2. The summed E-state index contributed by atoms with van der Waals surface area (Å²) in [6.45, 7) is 0.732. The van der Waals surface area contributed by atoms with E-state index in [0.717, 1.165) is 24.1 Å². The molecule has 14 heavy (non-hydrogen) atoms. The second-order valence-electron chi connectivity index (χ2n) is 3.33. The van der Waals surface area contributed by atoms with Gasteiger partial charge in [-0.05, 0) is 53.9 Å². The molecule has 2 rings (SSSR count). The van der Waals surface area contributed by atoms with Crippen molar-refractivity contribution in [3.05, 3.63) is 29.1 Å². The van der Waals surface area contributed by atoms with Crippen molar-refractivity contribution in [2.45, 2.75) is 12.8 Å². The van der Waals surface area contributed by atoms with Gasteiger partial charge < -0.3 is 10.8 Å². The molecule has 0 fully saturated rings. The molecule has 0 aliphatic carbocycles. The highest BCUT2D eigenvalue weighted by Crippen LogP contribution is 2.29. The summed E-state index contributed by atoms with van der Waals surface area (Å²) < 4.78 is 1.15. The number of aryl methyl sites for hydroxylation is 1. The van der Waals surface area contributed by atoms with E-state index in [9.17, 15) is 5.11 Å². The normalized spacial score (nSPS) is 10.9. The standard InChI is InChI=1S/C11H13NOS/c12-5-1-2-8-7-14-11-6-9(13)3-4-10(8)11/h3-4,6-7,13H,1-2,5,12H2. The fraction of sp³-hybridized carbons (Fsp3) is 0.273. The molecule has 1 aromatic carbocycles. The van der Waals surface area contributed by atoms with Gasteiger partial charge >= 0.3 is 0 Å². The summed E-state index contributed by atoms with van der Waals surface area (Å²) in [6, 6.07) is 5.53. The molecule has 74 valence electrons. The lowest BCUT2D eigenvalue weighted by molar-refractivity contribution is 0.476. The number of aromatic hydroxyl groups is 1. The largest absolute Gasteiger partial charge is 0.508 e. The van der Waals surface area contributed by atoms with Crippen LogP contribution in [-0.4, -0.2) is 11.7 Å². The van der Waals surface area contributed by atoms with E-state index in [1.165, 1.54) is 10.9 Å². The number of benzene rings is 1. The SMILES string of the molecule is NCCCc1csc2cc(O)ccc12. The highest BCUT2D eigenvalue weighted by Gasteiger charge is 2.03. The quantitative estimate of drug-likeness (QED) is 0.812. The van der Waals surface area contributed by atoms with Crippen molar-refractivity contribution < 1.29 is 5.11 Å². The maximum atomic E-state index is 9.30. The average Bonchev–Trinajstić information content (AvgIpc) is 2.57. The Morgan fingerprint density at radius 3 is 3.00 bits per heavy atom. The van der Waals surface area contributed by atoms with Crippen LogP contribution in [0.2, 0.25) is 0 Å². The number of phenolic OH excluding ortho intramolecular Hbond substituents is 1. The molecule has 2 aromatic rings. The van der Waals surface area contributed by atoms with Crippen molar-refractivity contribution in [3.8, 4) is 5.75 Å². The first kappa shape index (κ1) is 9.49. The minimum atomic E-state index is 0.338. The maximum absolute atomic E-state index is 9.30. The van der Waals surface area contributed by atoms with Crippen LogP contribution in [0, 0.1) is 0 Å². The van der Waals surface area contributed by atoms with E-state index >= 15 is 0 Å². The van der Waals surface area contributed by atoms with Crippen LogP contribution in [0.25, 0.3) is 10.1 Å². The van der Waals surface area contributed by atoms with E-state index in [1.807, 2.05) is 12.1 Å². The Morgan fingerprint density at radius 1 is 1.36 bits per heavy atom. The zero-order valence-electron chi connectivity index (χ0n) is 7.86. The van der Waals surface area contributed by atoms with Crippen LogP contribution in [0.5, 0.6) is 5.75 Å². The van der Waals surface area contributed by atoms with Crippen LogP contribution in [-0.2, 0) is 6.42 Å². The Labute approximate surface area is 87.0 Å². The van der Waals surface area contributed by atoms with Gasteiger partial charge in [0.15, 0.2) is 0 Å². The van der Waals surface area contributed by atoms with Gasteiger partial charge in [-0.2, -0.15) is 0 Å². The van der Waals surface area contributed by atoms with Gasteiger partial charge in [0.25, 0.3) is 0 Å². The number of nitrogens with two attached hydrogens (primary N) is 1. The molecule has 2 nitrogen and oxygen atoms in total. The smallest absolute Gasteiger partial charge is 0.117 e. The second-order valence-corrected chi connectivity index (χ2v) is 4.24. The van der Waals surface area contributed by atoms with E-state index in [1.54, 1.807) is 17.4 Å². The lowest BCUT2D eigenvalue weighted by Crippen LogP contribution is -1.99. The minimum absolute atomic E-state index is 0.338. The second kappa shape index (κ2) is 3.98. The average molecular weight is 207 g/mol. The van der Waals surface area contributed by atoms with Gasteiger partial charge in [0.05, 0.1) is 0 Å². The number of thiophene rings is 1. The van der Waals surface area contributed by atoms with Crippen molar-refractivity contribution in [2.24, 2.45) is 5.73 Å². The first-order chi connectivity index (χ1) is 6.81.